The van der Waals surface area contributed by atoms with Crippen LogP contribution in [0.2, 0.25) is 5.02 Å². The van der Waals surface area contributed by atoms with Crippen LogP contribution in [0.25, 0.3) is 0 Å². The summed E-state index contributed by atoms with van der Waals surface area (Å²) in [5.74, 6) is 0.657. The number of carbonyl (C=O) groups excluding carboxylic acids is 2. The maximum absolute atomic E-state index is 13.6. The second-order valence-corrected chi connectivity index (χ2v) is 9.08. The van der Waals surface area contributed by atoms with Crippen molar-refractivity contribution in [3.63, 3.8) is 0 Å². The molecule has 0 heterocycles. The largest absolute Gasteiger partial charge is 0.497 e. The molecular formula is C29H33ClN2O4. The van der Waals surface area contributed by atoms with Gasteiger partial charge in [0.2, 0.25) is 5.91 Å². The second-order valence-electron chi connectivity index (χ2n) is 8.64. The summed E-state index contributed by atoms with van der Waals surface area (Å²) in [6.07, 6.45) is 1.15. The number of rotatable bonds is 12. The number of ether oxygens (including phenoxy) is 2. The first kappa shape index (κ1) is 27.1. The summed E-state index contributed by atoms with van der Waals surface area (Å²) in [6, 6.07) is 23.3. The average molecular weight is 509 g/mol. The SMILES string of the molecule is CC[C@@H](C)NC(=O)[C@H](Cc1ccccc1)N(Cc1cccc(OC)c1)C(=O)COc1cccc(Cl)c1. The summed E-state index contributed by atoms with van der Waals surface area (Å²) in [7, 11) is 1.60. The number of halogens is 1. The van der Waals surface area contributed by atoms with Crippen LogP contribution in [0, 0.1) is 0 Å². The van der Waals surface area contributed by atoms with Crippen molar-refractivity contribution < 1.29 is 19.1 Å². The fraction of sp³-hybridized carbons (Fsp3) is 0.310. The quantitative estimate of drug-likeness (QED) is 0.361. The lowest BCUT2D eigenvalue weighted by atomic mass is 10.0. The molecule has 0 saturated carbocycles. The Labute approximate surface area is 218 Å². The lowest BCUT2D eigenvalue weighted by molar-refractivity contribution is -0.143. The van der Waals surface area contributed by atoms with Crippen LogP contribution in [0.4, 0.5) is 0 Å². The molecule has 0 aromatic heterocycles. The molecule has 0 unspecified atom stereocenters. The van der Waals surface area contributed by atoms with Gasteiger partial charge in [0, 0.05) is 24.0 Å². The smallest absolute Gasteiger partial charge is 0.261 e. The molecule has 3 rings (SSSR count). The molecule has 6 nitrogen and oxygen atoms in total. The normalized spacial score (nSPS) is 12.3. The van der Waals surface area contributed by atoms with Crippen LogP contribution < -0.4 is 14.8 Å². The van der Waals surface area contributed by atoms with Gasteiger partial charge in [0.15, 0.2) is 6.61 Å². The maximum Gasteiger partial charge on any atom is 0.261 e. The van der Waals surface area contributed by atoms with Crippen molar-refractivity contribution in [2.75, 3.05) is 13.7 Å². The number of benzene rings is 3. The Kier molecular flexibility index (Phi) is 10.2. The van der Waals surface area contributed by atoms with Gasteiger partial charge in [-0.05, 0) is 54.8 Å². The molecule has 7 heteroatoms. The fourth-order valence-corrected chi connectivity index (χ4v) is 3.93. The van der Waals surface area contributed by atoms with Gasteiger partial charge in [-0.1, -0.05) is 67.1 Å². The minimum Gasteiger partial charge on any atom is -0.497 e. The van der Waals surface area contributed by atoms with Crippen LogP contribution in [0.15, 0.2) is 78.9 Å². The van der Waals surface area contributed by atoms with E-state index in [1.807, 2.05) is 68.4 Å². The third-order valence-electron chi connectivity index (χ3n) is 5.92. The van der Waals surface area contributed by atoms with Gasteiger partial charge in [-0.25, -0.2) is 0 Å². The molecule has 3 aromatic rings. The molecule has 190 valence electrons. The van der Waals surface area contributed by atoms with Gasteiger partial charge in [0.1, 0.15) is 17.5 Å². The van der Waals surface area contributed by atoms with Gasteiger partial charge < -0.3 is 19.7 Å². The van der Waals surface area contributed by atoms with Gasteiger partial charge in [0.05, 0.1) is 7.11 Å². The van der Waals surface area contributed by atoms with Crippen LogP contribution in [-0.4, -0.2) is 42.5 Å². The average Bonchev–Trinajstić information content (AvgIpc) is 2.89. The lowest BCUT2D eigenvalue weighted by Crippen LogP contribution is -2.53. The van der Waals surface area contributed by atoms with Gasteiger partial charge in [-0.15, -0.1) is 0 Å². The van der Waals surface area contributed by atoms with E-state index in [1.165, 1.54) is 0 Å². The highest BCUT2D eigenvalue weighted by molar-refractivity contribution is 6.30. The lowest BCUT2D eigenvalue weighted by Gasteiger charge is -2.32. The highest BCUT2D eigenvalue weighted by Gasteiger charge is 2.31. The van der Waals surface area contributed by atoms with E-state index in [9.17, 15) is 9.59 Å². The Bertz CT molecular complexity index is 1140. The van der Waals surface area contributed by atoms with Crippen molar-refractivity contribution in [3.8, 4) is 11.5 Å². The Morgan fingerprint density at radius 3 is 2.33 bits per heavy atom. The topological polar surface area (TPSA) is 67.9 Å². The second kappa shape index (κ2) is 13.5. The van der Waals surface area contributed by atoms with Gasteiger partial charge in [-0.3, -0.25) is 9.59 Å². The molecule has 0 fully saturated rings. The fourth-order valence-electron chi connectivity index (χ4n) is 3.75. The van der Waals surface area contributed by atoms with Crippen molar-refractivity contribution in [2.24, 2.45) is 0 Å². The third-order valence-corrected chi connectivity index (χ3v) is 6.15. The molecule has 3 aromatic carbocycles. The van der Waals surface area contributed by atoms with E-state index < -0.39 is 6.04 Å². The van der Waals surface area contributed by atoms with E-state index in [0.29, 0.717) is 22.9 Å². The monoisotopic (exact) mass is 508 g/mol. The predicted octanol–water partition coefficient (Wildman–Crippen LogP) is 5.28. The Morgan fingerprint density at radius 2 is 1.64 bits per heavy atom. The van der Waals surface area contributed by atoms with Crippen LogP contribution in [0.3, 0.4) is 0 Å². The molecule has 0 aliphatic heterocycles. The summed E-state index contributed by atoms with van der Waals surface area (Å²) < 4.78 is 11.1. The predicted molar refractivity (Wildman–Crippen MR) is 142 cm³/mol. The number of nitrogens with zero attached hydrogens (tertiary/aromatic N) is 1. The summed E-state index contributed by atoms with van der Waals surface area (Å²) >= 11 is 6.06. The minimum atomic E-state index is -0.733. The standard InChI is InChI=1S/C29H33ClN2O4/c1-4-21(2)31-29(34)27(17-22-10-6-5-7-11-22)32(19-23-12-8-14-25(16-23)35-3)28(33)20-36-26-15-9-13-24(30)18-26/h5-16,18,21,27H,4,17,19-20H2,1-3H3,(H,31,34)/t21-,27+/m1/s1. The summed E-state index contributed by atoms with van der Waals surface area (Å²) in [5, 5.41) is 3.58. The zero-order chi connectivity index (χ0) is 25.9. The molecule has 2 amide bonds. The maximum atomic E-state index is 13.6. The van der Waals surface area contributed by atoms with Gasteiger partial charge in [-0.2, -0.15) is 0 Å². The molecule has 0 saturated heterocycles. The number of nitrogens with one attached hydrogen (secondary N) is 1. The molecule has 0 bridgehead atoms. The molecule has 0 aliphatic rings. The van der Waals surface area contributed by atoms with Gasteiger partial charge in [0.25, 0.3) is 5.91 Å². The van der Waals surface area contributed by atoms with Crippen molar-refractivity contribution in [1.29, 1.82) is 0 Å². The van der Waals surface area contributed by atoms with E-state index in [4.69, 9.17) is 21.1 Å². The van der Waals surface area contributed by atoms with E-state index in [1.54, 1.807) is 36.3 Å². The zero-order valence-corrected chi connectivity index (χ0v) is 21.7. The first-order chi connectivity index (χ1) is 17.4. The molecule has 36 heavy (non-hydrogen) atoms. The van der Waals surface area contributed by atoms with Crippen LogP contribution >= 0.6 is 11.6 Å². The highest BCUT2D eigenvalue weighted by atomic mass is 35.5. The van der Waals surface area contributed by atoms with Crippen molar-refractivity contribution in [3.05, 3.63) is 95.0 Å². The third kappa shape index (κ3) is 8.02. The summed E-state index contributed by atoms with van der Waals surface area (Å²) in [5.41, 5.74) is 1.81. The van der Waals surface area contributed by atoms with E-state index in [2.05, 4.69) is 5.32 Å². The molecular weight excluding hydrogens is 476 g/mol. The molecule has 1 N–H and O–H groups in total. The van der Waals surface area contributed by atoms with Crippen LogP contribution in [0.1, 0.15) is 31.4 Å². The molecule has 0 aliphatic carbocycles. The summed E-state index contributed by atoms with van der Waals surface area (Å²) in [6.45, 7) is 3.95. The first-order valence-electron chi connectivity index (χ1n) is 12.0. The molecule has 2 atom stereocenters. The van der Waals surface area contributed by atoms with Gasteiger partial charge >= 0.3 is 0 Å². The summed E-state index contributed by atoms with van der Waals surface area (Å²) in [4.78, 5) is 28.7. The number of hydrogen-bond donors (Lipinski definition) is 1. The van der Waals surface area contributed by atoms with Crippen molar-refractivity contribution in [2.45, 2.75) is 45.3 Å². The number of methoxy groups -OCH3 is 1. The minimum absolute atomic E-state index is 0.0211. The Balaban J connectivity index is 1.93. The highest BCUT2D eigenvalue weighted by Crippen LogP contribution is 2.20. The van der Waals surface area contributed by atoms with Crippen LogP contribution in [-0.2, 0) is 22.6 Å². The molecule has 0 radical (unpaired) electrons. The number of amides is 2. The van der Waals surface area contributed by atoms with E-state index in [-0.39, 0.29) is 31.0 Å². The molecule has 0 spiro atoms. The van der Waals surface area contributed by atoms with Crippen molar-refractivity contribution in [1.82, 2.24) is 10.2 Å². The van der Waals surface area contributed by atoms with E-state index >= 15 is 0 Å². The van der Waals surface area contributed by atoms with Crippen molar-refractivity contribution >= 4 is 23.4 Å². The Morgan fingerprint density at radius 1 is 0.944 bits per heavy atom. The number of carbonyl (C=O) groups is 2. The van der Waals surface area contributed by atoms with Crippen LogP contribution in [0.5, 0.6) is 11.5 Å². The zero-order valence-electron chi connectivity index (χ0n) is 20.9. The van der Waals surface area contributed by atoms with E-state index in [0.717, 1.165) is 17.5 Å². The first-order valence-corrected chi connectivity index (χ1v) is 12.4. The number of hydrogen-bond acceptors (Lipinski definition) is 4. The Hall–Kier alpha value is -3.51.